The van der Waals surface area contributed by atoms with Crippen molar-refractivity contribution >= 4 is 17.3 Å². The fourth-order valence-corrected chi connectivity index (χ4v) is 2.36. The largest absolute Gasteiger partial charge is 0.468 e. The van der Waals surface area contributed by atoms with E-state index in [1.165, 1.54) is 7.11 Å². The summed E-state index contributed by atoms with van der Waals surface area (Å²) in [5.74, 6) is 1.37. The number of thiophene rings is 1. The third-order valence-electron chi connectivity index (χ3n) is 2.59. The molecule has 0 aromatic carbocycles. The van der Waals surface area contributed by atoms with Gasteiger partial charge in [0.1, 0.15) is 17.6 Å². The SMILES string of the molecule is COC(=O)[C@H](NCc1ccc(C)o1)c1ccsc1. The lowest BCUT2D eigenvalue weighted by Gasteiger charge is -2.14. The van der Waals surface area contributed by atoms with Gasteiger partial charge in [0, 0.05) is 0 Å². The van der Waals surface area contributed by atoms with E-state index in [0.29, 0.717) is 6.54 Å². The lowest BCUT2D eigenvalue weighted by atomic mass is 10.1. The van der Waals surface area contributed by atoms with Gasteiger partial charge in [-0.1, -0.05) is 0 Å². The molecule has 1 N–H and O–H groups in total. The Morgan fingerprint density at radius 1 is 1.50 bits per heavy atom. The molecule has 96 valence electrons. The molecular weight excluding hydrogens is 250 g/mol. The standard InChI is InChI=1S/C13H15NO3S/c1-9-3-4-11(17-9)7-14-12(13(15)16-2)10-5-6-18-8-10/h3-6,8,12,14H,7H2,1-2H3/t12-/m1/s1. The number of furan rings is 1. The van der Waals surface area contributed by atoms with Gasteiger partial charge in [-0.15, -0.1) is 0 Å². The van der Waals surface area contributed by atoms with Crippen LogP contribution in [0, 0.1) is 6.92 Å². The van der Waals surface area contributed by atoms with E-state index in [2.05, 4.69) is 5.32 Å². The molecule has 0 fully saturated rings. The Labute approximate surface area is 110 Å². The molecule has 0 radical (unpaired) electrons. The summed E-state index contributed by atoms with van der Waals surface area (Å²) in [7, 11) is 1.39. The fourth-order valence-electron chi connectivity index (χ4n) is 1.68. The van der Waals surface area contributed by atoms with Crippen molar-refractivity contribution in [3.8, 4) is 0 Å². The molecule has 0 bridgehead atoms. The second-order valence-corrected chi connectivity index (χ2v) is 4.69. The zero-order chi connectivity index (χ0) is 13.0. The lowest BCUT2D eigenvalue weighted by Crippen LogP contribution is -2.28. The Kier molecular flexibility index (Phi) is 4.17. The summed E-state index contributed by atoms with van der Waals surface area (Å²) < 4.78 is 10.3. The van der Waals surface area contributed by atoms with E-state index in [1.807, 2.05) is 35.9 Å². The first-order valence-corrected chi connectivity index (χ1v) is 6.53. The van der Waals surface area contributed by atoms with Gasteiger partial charge in [-0.3, -0.25) is 5.32 Å². The smallest absolute Gasteiger partial charge is 0.327 e. The van der Waals surface area contributed by atoms with Crippen molar-refractivity contribution in [1.82, 2.24) is 5.32 Å². The molecule has 0 aliphatic carbocycles. The van der Waals surface area contributed by atoms with Crippen molar-refractivity contribution in [3.05, 3.63) is 46.0 Å². The maximum atomic E-state index is 11.7. The summed E-state index contributed by atoms with van der Waals surface area (Å²) in [6.45, 7) is 2.38. The van der Waals surface area contributed by atoms with Crippen molar-refractivity contribution < 1.29 is 13.9 Å². The highest BCUT2D eigenvalue weighted by Crippen LogP contribution is 2.18. The minimum atomic E-state index is -0.452. The number of rotatable bonds is 5. The minimum absolute atomic E-state index is 0.295. The number of ether oxygens (including phenoxy) is 1. The fraction of sp³-hybridized carbons (Fsp3) is 0.308. The van der Waals surface area contributed by atoms with Gasteiger partial charge in [-0.05, 0) is 41.4 Å². The van der Waals surface area contributed by atoms with E-state index < -0.39 is 6.04 Å². The maximum Gasteiger partial charge on any atom is 0.327 e. The van der Waals surface area contributed by atoms with E-state index in [0.717, 1.165) is 17.1 Å². The van der Waals surface area contributed by atoms with Crippen LogP contribution in [0.2, 0.25) is 0 Å². The quantitative estimate of drug-likeness (QED) is 0.844. The van der Waals surface area contributed by atoms with Gasteiger partial charge in [0.2, 0.25) is 0 Å². The molecule has 5 heteroatoms. The number of hydrogen-bond donors (Lipinski definition) is 1. The molecule has 2 rings (SSSR count). The molecule has 2 aromatic rings. The number of nitrogens with one attached hydrogen (secondary N) is 1. The minimum Gasteiger partial charge on any atom is -0.468 e. The highest BCUT2D eigenvalue weighted by molar-refractivity contribution is 7.08. The summed E-state index contributed by atoms with van der Waals surface area (Å²) in [5, 5.41) is 7.01. The van der Waals surface area contributed by atoms with Crippen molar-refractivity contribution in [2.24, 2.45) is 0 Å². The highest BCUT2D eigenvalue weighted by Gasteiger charge is 2.21. The van der Waals surface area contributed by atoms with E-state index in [1.54, 1.807) is 11.3 Å². The van der Waals surface area contributed by atoms with Gasteiger partial charge in [0.15, 0.2) is 0 Å². The number of esters is 1. The molecule has 0 unspecified atom stereocenters. The average Bonchev–Trinajstić information content (AvgIpc) is 3.01. The number of methoxy groups -OCH3 is 1. The summed E-state index contributed by atoms with van der Waals surface area (Å²) in [5.41, 5.74) is 0.912. The molecule has 2 heterocycles. The monoisotopic (exact) mass is 265 g/mol. The molecule has 0 aliphatic heterocycles. The first kappa shape index (κ1) is 12.9. The van der Waals surface area contributed by atoms with E-state index in [4.69, 9.17) is 9.15 Å². The van der Waals surface area contributed by atoms with Crippen LogP contribution in [-0.4, -0.2) is 13.1 Å². The van der Waals surface area contributed by atoms with Crippen molar-refractivity contribution in [1.29, 1.82) is 0 Å². The molecule has 4 nitrogen and oxygen atoms in total. The molecule has 0 saturated heterocycles. The normalized spacial score (nSPS) is 12.3. The Balaban J connectivity index is 2.04. The van der Waals surface area contributed by atoms with Gasteiger partial charge in [0.25, 0.3) is 0 Å². The maximum absolute atomic E-state index is 11.7. The second kappa shape index (κ2) is 5.84. The number of carbonyl (C=O) groups is 1. The number of aryl methyl sites for hydroxylation is 1. The van der Waals surface area contributed by atoms with Gasteiger partial charge in [-0.2, -0.15) is 11.3 Å². The third kappa shape index (κ3) is 3.00. The summed E-state index contributed by atoms with van der Waals surface area (Å²) >= 11 is 1.55. The van der Waals surface area contributed by atoms with Crippen LogP contribution in [0.25, 0.3) is 0 Å². The van der Waals surface area contributed by atoms with Gasteiger partial charge < -0.3 is 9.15 Å². The molecule has 1 atom stereocenters. The average molecular weight is 265 g/mol. The summed E-state index contributed by atoms with van der Waals surface area (Å²) in [6.07, 6.45) is 0. The molecule has 0 spiro atoms. The van der Waals surface area contributed by atoms with Crippen LogP contribution < -0.4 is 5.32 Å². The Hall–Kier alpha value is -1.59. The predicted molar refractivity (Wildman–Crippen MR) is 69.4 cm³/mol. The number of hydrogen-bond acceptors (Lipinski definition) is 5. The molecule has 18 heavy (non-hydrogen) atoms. The van der Waals surface area contributed by atoms with Crippen molar-refractivity contribution in [3.63, 3.8) is 0 Å². The van der Waals surface area contributed by atoms with Crippen LogP contribution in [-0.2, 0) is 16.1 Å². The van der Waals surface area contributed by atoms with E-state index in [9.17, 15) is 4.79 Å². The van der Waals surface area contributed by atoms with Crippen molar-refractivity contribution in [2.45, 2.75) is 19.5 Å². The van der Waals surface area contributed by atoms with Gasteiger partial charge in [0.05, 0.1) is 13.7 Å². The number of carbonyl (C=O) groups excluding carboxylic acids is 1. The lowest BCUT2D eigenvalue weighted by molar-refractivity contribution is -0.143. The Bertz CT molecular complexity index is 504. The van der Waals surface area contributed by atoms with Crippen LogP contribution in [0.3, 0.4) is 0 Å². The van der Waals surface area contributed by atoms with Crippen LogP contribution in [0.5, 0.6) is 0 Å². The second-order valence-electron chi connectivity index (χ2n) is 3.91. The van der Waals surface area contributed by atoms with Crippen LogP contribution >= 0.6 is 11.3 Å². The summed E-state index contributed by atoms with van der Waals surface area (Å²) in [6, 6.07) is 5.25. The Morgan fingerprint density at radius 2 is 2.33 bits per heavy atom. The van der Waals surface area contributed by atoms with Gasteiger partial charge >= 0.3 is 5.97 Å². The first-order chi connectivity index (χ1) is 8.70. The van der Waals surface area contributed by atoms with Crippen molar-refractivity contribution in [2.75, 3.05) is 7.11 Å². The summed E-state index contributed by atoms with van der Waals surface area (Å²) in [4.78, 5) is 11.7. The molecule has 0 amide bonds. The zero-order valence-corrected chi connectivity index (χ0v) is 11.1. The first-order valence-electron chi connectivity index (χ1n) is 5.59. The molecule has 0 aliphatic rings. The van der Waals surface area contributed by atoms with Crippen LogP contribution in [0.1, 0.15) is 23.1 Å². The van der Waals surface area contributed by atoms with Crippen LogP contribution in [0.4, 0.5) is 0 Å². The highest BCUT2D eigenvalue weighted by atomic mass is 32.1. The van der Waals surface area contributed by atoms with Gasteiger partial charge in [-0.25, -0.2) is 4.79 Å². The third-order valence-corrected chi connectivity index (χ3v) is 3.29. The topological polar surface area (TPSA) is 51.5 Å². The molecular formula is C13H15NO3S. The van der Waals surface area contributed by atoms with E-state index in [-0.39, 0.29) is 5.97 Å². The Morgan fingerprint density at radius 3 is 2.89 bits per heavy atom. The molecule has 2 aromatic heterocycles. The zero-order valence-electron chi connectivity index (χ0n) is 10.3. The van der Waals surface area contributed by atoms with E-state index >= 15 is 0 Å². The molecule has 0 saturated carbocycles. The predicted octanol–water partition coefficient (Wildman–Crippen LogP) is 2.65. The van der Waals surface area contributed by atoms with Crippen LogP contribution in [0.15, 0.2) is 33.4 Å².